The van der Waals surface area contributed by atoms with Crippen molar-refractivity contribution < 1.29 is 0 Å². The third kappa shape index (κ3) is 1.58. The van der Waals surface area contributed by atoms with E-state index in [1.807, 2.05) is 0 Å². The second-order valence-electron chi connectivity index (χ2n) is 4.45. The summed E-state index contributed by atoms with van der Waals surface area (Å²) in [6.45, 7) is 0. The number of halogens is 2. The van der Waals surface area contributed by atoms with Gasteiger partial charge < -0.3 is 5.32 Å². The second-order valence-corrected chi connectivity index (χ2v) is 5.19. The van der Waals surface area contributed by atoms with Crippen molar-refractivity contribution in [1.29, 1.82) is 0 Å². The van der Waals surface area contributed by atoms with Crippen LogP contribution in [0.2, 0.25) is 10.3 Å². The first-order chi connectivity index (χ1) is 7.20. The van der Waals surface area contributed by atoms with Gasteiger partial charge in [0.25, 0.3) is 0 Å². The molecule has 80 valence electrons. The third-order valence-electron chi connectivity index (χ3n) is 3.51. The lowest BCUT2D eigenvalue weighted by atomic mass is 10.2. The quantitative estimate of drug-likeness (QED) is 0.868. The molecule has 2 aliphatic rings. The first-order valence-electron chi connectivity index (χ1n) is 5.16. The van der Waals surface area contributed by atoms with E-state index in [0.29, 0.717) is 10.3 Å². The molecule has 2 atom stereocenters. The Morgan fingerprint density at radius 1 is 1.40 bits per heavy atom. The minimum absolute atomic E-state index is 0.288. The summed E-state index contributed by atoms with van der Waals surface area (Å²) in [7, 11) is 0. The standard InChI is InChI=1S/C10H11Cl2N3/c11-8-4-7(9(12)15-14-8)13-10-3-1-2-6(10)5-10/h4,6H,1-3,5H2,(H,13,14). The molecular formula is C10H11Cl2N3. The maximum absolute atomic E-state index is 5.96. The summed E-state index contributed by atoms with van der Waals surface area (Å²) in [6, 6.07) is 1.75. The molecule has 2 aliphatic carbocycles. The molecule has 1 heterocycles. The van der Waals surface area contributed by atoms with Crippen LogP contribution >= 0.6 is 23.2 Å². The fourth-order valence-corrected chi connectivity index (χ4v) is 2.94. The van der Waals surface area contributed by atoms with Crippen LogP contribution in [0.4, 0.5) is 5.69 Å². The number of fused-ring (bicyclic) bond motifs is 1. The van der Waals surface area contributed by atoms with Crippen molar-refractivity contribution in [2.24, 2.45) is 5.92 Å². The number of nitrogens with zero attached hydrogens (tertiary/aromatic N) is 2. The molecule has 15 heavy (non-hydrogen) atoms. The molecule has 3 nitrogen and oxygen atoms in total. The highest BCUT2D eigenvalue weighted by molar-refractivity contribution is 6.33. The predicted molar refractivity (Wildman–Crippen MR) is 60.4 cm³/mol. The lowest BCUT2D eigenvalue weighted by molar-refractivity contribution is 0.689. The summed E-state index contributed by atoms with van der Waals surface area (Å²) in [4.78, 5) is 0. The topological polar surface area (TPSA) is 37.8 Å². The summed E-state index contributed by atoms with van der Waals surface area (Å²) in [5.74, 6) is 0.820. The summed E-state index contributed by atoms with van der Waals surface area (Å²) in [6.07, 6.45) is 5.12. The molecule has 0 aromatic carbocycles. The largest absolute Gasteiger partial charge is 0.377 e. The molecule has 2 saturated carbocycles. The molecule has 3 rings (SSSR count). The van der Waals surface area contributed by atoms with Gasteiger partial charge in [0.05, 0.1) is 5.69 Å². The van der Waals surface area contributed by atoms with Gasteiger partial charge in [-0.2, -0.15) is 0 Å². The van der Waals surface area contributed by atoms with Crippen molar-refractivity contribution in [3.05, 3.63) is 16.4 Å². The molecule has 1 aromatic rings. The van der Waals surface area contributed by atoms with Gasteiger partial charge in [-0.1, -0.05) is 29.6 Å². The van der Waals surface area contributed by atoms with Crippen LogP contribution in [0.3, 0.4) is 0 Å². The van der Waals surface area contributed by atoms with Crippen LogP contribution in [0.15, 0.2) is 6.07 Å². The van der Waals surface area contributed by atoms with Crippen molar-refractivity contribution in [2.75, 3.05) is 5.32 Å². The molecule has 0 saturated heterocycles. The average Bonchev–Trinajstić information content (AvgIpc) is 2.74. The van der Waals surface area contributed by atoms with Crippen molar-refractivity contribution in [3.63, 3.8) is 0 Å². The zero-order valence-electron chi connectivity index (χ0n) is 8.13. The predicted octanol–water partition coefficient (Wildman–Crippen LogP) is 3.14. The first-order valence-corrected chi connectivity index (χ1v) is 5.92. The van der Waals surface area contributed by atoms with Crippen LogP contribution in [0.5, 0.6) is 0 Å². The van der Waals surface area contributed by atoms with Gasteiger partial charge in [-0.3, -0.25) is 0 Å². The molecule has 0 bridgehead atoms. The van der Waals surface area contributed by atoms with Gasteiger partial charge >= 0.3 is 0 Å². The van der Waals surface area contributed by atoms with E-state index in [0.717, 1.165) is 11.6 Å². The lowest BCUT2D eigenvalue weighted by Gasteiger charge is -2.16. The summed E-state index contributed by atoms with van der Waals surface area (Å²) < 4.78 is 0. The van der Waals surface area contributed by atoms with Crippen LogP contribution in [0, 0.1) is 5.92 Å². The van der Waals surface area contributed by atoms with E-state index in [-0.39, 0.29) is 5.54 Å². The number of nitrogens with one attached hydrogen (secondary N) is 1. The van der Waals surface area contributed by atoms with Gasteiger partial charge in [-0.05, 0) is 25.2 Å². The Morgan fingerprint density at radius 3 is 2.93 bits per heavy atom. The number of aromatic nitrogens is 2. The van der Waals surface area contributed by atoms with E-state index in [4.69, 9.17) is 23.2 Å². The van der Waals surface area contributed by atoms with E-state index in [2.05, 4.69) is 15.5 Å². The van der Waals surface area contributed by atoms with Gasteiger partial charge in [0, 0.05) is 11.6 Å². The minimum Gasteiger partial charge on any atom is -0.377 e. The Kier molecular flexibility index (Phi) is 2.08. The zero-order valence-corrected chi connectivity index (χ0v) is 9.65. The Balaban J connectivity index is 1.85. The monoisotopic (exact) mass is 243 g/mol. The highest BCUT2D eigenvalue weighted by atomic mass is 35.5. The Hall–Kier alpha value is -0.540. The smallest absolute Gasteiger partial charge is 0.174 e. The van der Waals surface area contributed by atoms with Crippen molar-refractivity contribution >= 4 is 28.9 Å². The van der Waals surface area contributed by atoms with E-state index < -0.39 is 0 Å². The minimum atomic E-state index is 0.288. The van der Waals surface area contributed by atoms with Gasteiger partial charge in [0.1, 0.15) is 0 Å². The van der Waals surface area contributed by atoms with E-state index in [1.54, 1.807) is 6.07 Å². The van der Waals surface area contributed by atoms with Gasteiger partial charge in [0.15, 0.2) is 10.3 Å². The number of hydrogen-bond donors (Lipinski definition) is 1. The van der Waals surface area contributed by atoms with Crippen LogP contribution in [-0.4, -0.2) is 15.7 Å². The SMILES string of the molecule is Clc1cc(NC23CCCC2C3)c(Cl)nn1. The average molecular weight is 244 g/mol. The Labute approximate surface area is 98.2 Å². The number of hydrogen-bond acceptors (Lipinski definition) is 3. The normalized spacial score (nSPS) is 32.5. The molecule has 0 aliphatic heterocycles. The molecule has 5 heteroatoms. The molecule has 2 unspecified atom stereocenters. The van der Waals surface area contributed by atoms with Crippen molar-refractivity contribution in [3.8, 4) is 0 Å². The van der Waals surface area contributed by atoms with Crippen LogP contribution < -0.4 is 5.32 Å². The molecule has 1 aromatic heterocycles. The molecule has 0 amide bonds. The highest BCUT2D eigenvalue weighted by Crippen LogP contribution is 2.57. The van der Waals surface area contributed by atoms with Gasteiger partial charge in [-0.25, -0.2) is 0 Å². The maximum atomic E-state index is 5.96. The van der Waals surface area contributed by atoms with E-state index >= 15 is 0 Å². The fourth-order valence-electron chi connectivity index (χ4n) is 2.65. The van der Waals surface area contributed by atoms with E-state index in [1.165, 1.54) is 25.7 Å². The molecular weight excluding hydrogens is 233 g/mol. The number of rotatable bonds is 2. The second kappa shape index (κ2) is 3.22. The molecule has 0 spiro atoms. The third-order valence-corrected chi connectivity index (χ3v) is 3.97. The van der Waals surface area contributed by atoms with Gasteiger partial charge in [0.2, 0.25) is 0 Å². The van der Waals surface area contributed by atoms with Crippen molar-refractivity contribution in [2.45, 2.75) is 31.2 Å². The summed E-state index contributed by atoms with van der Waals surface area (Å²) >= 11 is 11.7. The van der Waals surface area contributed by atoms with Crippen LogP contribution in [-0.2, 0) is 0 Å². The van der Waals surface area contributed by atoms with Crippen LogP contribution in [0.1, 0.15) is 25.7 Å². The first kappa shape index (κ1) is 9.67. The van der Waals surface area contributed by atoms with Crippen molar-refractivity contribution in [1.82, 2.24) is 10.2 Å². The zero-order chi connectivity index (χ0) is 10.5. The lowest BCUT2D eigenvalue weighted by Crippen LogP contribution is -2.21. The molecule has 1 N–H and O–H groups in total. The molecule has 0 radical (unpaired) electrons. The summed E-state index contributed by atoms with van der Waals surface area (Å²) in [5.41, 5.74) is 1.11. The maximum Gasteiger partial charge on any atom is 0.174 e. The fraction of sp³-hybridized carbons (Fsp3) is 0.600. The highest BCUT2D eigenvalue weighted by Gasteiger charge is 2.57. The number of anilines is 1. The molecule has 2 fully saturated rings. The van der Waals surface area contributed by atoms with Gasteiger partial charge in [-0.15, -0.1) is 10.2 Å². The van der Waals surface area contributed by atoms with E-state index in [9.17, 15) is 0 Å². The summed E-state index contributed by atoms with van der Waals surface area (Å²) in [5, 5.41) is 11.8. The Morgan fingerprint density at radius 2 is 2.27 bits per heavy atom. The van der Waals surface area contributed by atoms with Crippen LogP contribution in [0.25, 0.3) is 0 Å². The Bertz CT molecular complexity index is 410.